The average molecular weight is 210 g/mol. The second-order valence-electron chi connectivity index (χ2n) is 3.24. The van der Waals surface area contributed by atoms with Gasteiger partial charge in [0.05, 0.1) is 0 Å². The third-order valence-corrected chi connectivity index (χ3v) is 1.97. The standard InChI is InChI=1S/C10H14N2O3/c1-7-4-8(12-14)2-3-10(7)15-6-9(13)5-11/h2-4,9,13H,5-6,11H2,1H3. The lowest BCUT2D eigenvalue weighted by molar-refractivity contribution is 0.114. The Bertz CT molecular complexity index is 341. The maximum atomic E-state index is 10.2. The first kappa shape index (κ1) is 11.6. The summed E-state index contributed by atoms with van der Waals surface area (Å²) in [5.74, 6) is 0.620. The maximum absolute atomic E-state index is 10.2. The number of benzene rings is 1. The summed E-state index contributed by atoms with van der Waals surface area (Å²) in [7, 11) is 0. The number of nitrogens with zero attached hydrogens (tertiary/aromatic N) is 1. The van der Waals surface area contributed by atoms with Crippen molar-refractivity contribution >= 4 is 5.69 Å². The summed E-state index contributed by atoms with van der Waals surface area (Å²) in [6.45, 7) is 2.11. The van der Waals surface area contributed by atoms with Crippen LogP contribution in [0.4, 0.5) is 5.69 Å². The fourth-order valence-electron chi connectivity index (χ4n) is 1.11. The van der Waals surface area contributed by atoms with E-state index in [1.165, 1.54) is 0 Å². The van der Waals surface area contributed by atoms with Gasteiger partial charge in [0, 0.05) is 6.54 Å². The number of nitrogens with two attached hydrogens (primary N) is 1. The van der Waals surface area contributed by atoms with E-state index in [4.69, 9.17) is 10.5 Å². The monoisotopic (exact) mass is 210 g/mol. The second kappa shape index (κ2) is 5.43. The van der Waals surface area contributed by atoms with Crippen molar-refractivity contribution in [3.05, 3.63) is 28.7 Å². The molecule has 0 radical (unpaired) electrons. The third kappa shape index (κ3) is 3.30. The SMILES string of the molecule is Cc1cc(N=O)ccc1OCC(O)CN. The van der Waals surface area contributed by atoms with Gasteiger partial charge in [-0.3, -0.25) is 0 Å². The quantitative estimate of drug-likeness (QED) is 0.712. The molecule has 5 nitrogen and oxygen atoms in total. The number of rotatable bonds is 5. The molecule has 1 unspecified atom stereocenters. The van der Waals surface area contributed by atoms with E-state index in [0.717, 1.165) is 5.56 Å². The Morgan fingerprint density at radius 2 is 2.33 bits per heavy atom. The Kier molecular flexibility index (Phi) is 4.20. The van der Waals surface area contributed by atoms with E-state index in [1.54, 1.807) is 25.1 Å². The number of hydrogen-bond acceptors (Lipinski definition) is 5. The number of aryl methyl sites for hydroxylation is 1. The summed E-state index contributed by atoms with van der Waals surface area (Å²) in [6, 6.07) is 4.83. The summed E-state index contributed by atoms with van der Waals surface area (Å²) in [4.78, 5) is 10.2. The van der Waals surface area contributed by atoms with Gasteiger partial charge in [-0.2, -0.15) is 0 Å². The first-order valence-electron chi connectivity index (χ1n) is 4.62. The normalized spacial score (nSPS) is 12.2. The molecular formula is C10H14N2O3. The molecule has 0 spiro atoms. The molecule has 82 valence electrons. The van der Waals surface area contributed by atoms with Gasteiger partial charge in [0.1, 0.15) is 24.1 Å². The number of hydrogen-bond donors (Lipinski definition) is 2. The highest BCUT2D eigenvalue weighted by molar-refractivity contribution is 5.46. The van der Waals surface area contributed by atoms with Gasteiger partial charge < -0.3 is 15.6 Å². The zero-order valence-electron chi connectivity index (χ0n) is 8.51. The molecule has 0 bridgehead atoms. The summed E-state index contributed by atoms with van der Waals surface area (Å²) in [5.41, 5.74) is 6.40. The van der Waals surface area contributed by atoms with Crippen molar-refractivity contribution < 1.29 is 9.84 Å². The topological polar surface area (TPSA) is 84.9 Å². The fraction of sp³-hybridized carbons (Fsp3) is 0.400. The van der Waals surface area contributed by atoms with Gasteiger partial charge in [-0.15, -0.1) is 4.91 Å². The minimum absolute atomic E-state index is 0.144. The van der Waals surface area contributed by atoms with Crippen LogP contribution in [0.2, 0.25) is 0 Å². The van der Waals surface area contributed by atoms with Gasteiger partial charge in [0.15, 0.2) is 0 Å². The number of ether oxygens (including phenoxy) is 1. The molecule has 0 aliphatic rings. The van der Waals surface area contributed by atoms with Crippen LogP contribution in [0.1, 0.15) is 5.56 Å². The lowest BCUT2D eigenvalue weighted by Crippen LogP contribution is -2.26. The van der Waals surface area contributed by atoms with Gasteiger partial charge in [-0.05, 0) is 35.9 Å². The Morgan fingerprint density at radius 1 is 1.60 bits per heavy atom. The smallest absolute Gasteiger partial charge is 0.122 e. The molecule has 1 aromatic rings. The highest BCUT2D eigenvalue weighted by atomic mass is 16.5. The van der Waals surface area contributed by atoms with E-state index in [9.17, 15) is 10.0 Å². The molecule has 0 aromatic heterocycles. The molecule has 0 fully saturated rings. The second-order valence-corrected chi connectivity index (χ2v) is 3.24. The lowest BCUT2D eigenvalue weighted by Gasteiger charge is -2.12. The molecule has 1 atom stereocenters. The first-order valence-corrected chi connectivity index (χ1v) is 4.62. The van der Waals surface area contributed by atoms with Crippen LogP contribution in [0.5, 0.6) is 5.75 Å². The van der Waals surface area contributed by atoms with E-state index < -0.39 is 6.10 Å². The Labute approximate surface area is 87.8 Å². The number of aliphatic hydroxyl groups excluding tert-OH is 1. The molecule has 0 saturated heterocycles. The minimum Gasteiger partial charge on any atom is -0.491 e. The van der Waals surface area contributed by atoms with Crippen LogP contribution >= 0.6 is 0 Å². The van der Waals surface area contributed by atoms with Gasteiger partial charge >= 0.3 is 0 Å². The fourth-order valence-corrected chi connectivity index (χ4v) is 1.11. The molecule has 1 aromatic carbocycles. The molecule has 3 N–H and O–H groups in total. The van der Waals surface area contributed by atoms with Gasteiger partial charge in [0.25, 0.3) is 0 Å². The lowest BCUT2D eigenvalue weighted by atomic mass is 10.2. The van der Waals surface area contributed by atoms with Crippen molar-refractivity contribution in [2.24, 2.45) is 10.9 Å². The van der Waals surface area contributed by atoms with Gasteiger partial charge in [-0.25, -0.2) is 0 Å². The van der Waals surface area contributed by atoms with Crippen molar-refractivity contribution in [3.63, 3.8) is 0 Å². The highest BCUT2D eigenvalue weighted by Gasteiger charge is 2.05. The molecule has 1 rings (SSSR count). The van der Waals surface area contributed by atoms with E-state index in [0.29, 0.717) is 11.4 Å². The van der Waals surface area contributed by atoms with E-state index >= 15 is 0 Å². The van der Waals surface area contributed by atoms with Gasteiger partial charge in [-0.1, -0.05) is 0 Å². The van der Waals surface area contributed by atoms with Crippen LogP contribution in [0.3, 0.4) is 0 Å². The first-order chi connectivity index (χ1) is 7.17. The highest BCUT2D eigenvalue weighted by Crippen LogP contribution is 2.23. The van der Waals surface area contributed by atoms with Crippen molar-refractivity contribution in [1.82, 2.24) is 0 Å². The zero-order valence-corrected chi connectivity index (χ0v) is 8.51. The van der Waals surface area contributed by atoms with Crippen molar-refractivity contribution in [3.8, 4) is 5.75 Å². The van der Waals surface area contributed by atoms with E-state index in [2.05, 4.69) is 5.18 Å². The Morgan fingerprint density at radius 3 is 2.87 bits per heavy atom. The predicted molar refractivity (Wildman–Crippen MR) is 57.2 cm³/mol. The van der Waals surface area contributed by atoms with Crippen LogP contribution in [0, 0.1) is 11.8 Å². The molecule has 0 heterocycles. The summed E-state index contributed by atoms with van der Waals surface area (Å²) in [6.07, 6.45) is -0.673. The van der Waals surface area contributed by atoms with Crippen LogP contribution in [-0.2, 0) is 0 Å². The number of nitroso groups, excluding NO2 is 1. The largest absolute Gasteiger partial charge is 0.491 e. The van der Waals surface area contributed by atoms with Crippen LogP contribution < -0.4 is 10.5 Å². The van der Waals surface area contributed by atoms with E-state index in [1.807, 2.05) is 0 Å². The van der Waals surface area contributed by atoms with Crippen LogP contribution in [0.15, 0.2) is 23.4 Å². The molecule has 0 aliphatic carbocycles. The van der Waals surface area contributed by atoms with Crippen molar-refractivity contribution in [2.45, 2.75) is 13.0 Å². The summed E-state index contributed by atoms with van der Waals surface area (Å²) in [5, 5.41) is 12.0. The molecule has 0 saturated carbocycles. The van der Waals surface area contributed by atoms with Crippen molar-refractivity contribution in [1.29, 1.82) is 0 Å². The average Bonchev–Trinajstić information content (AvgIpc) is 2.26. The van der Waals surface area contributed by atoms with Crippen LogP contribution in [0.25, 0.3) is 0 Å². The molecule has 5 heteroatoms. The Balaban J connectivity index is 2.65. The molecule has 15 heavy (non-hydrogen) atoms. The third-order valence-electron chi connectivity index (χ3n) is 1.97. The van der Waals surface area contributed by atoms with Crippen LogP contribution in [-0.4, -0.2) is 24.4 Å². The van der Waals surface area contributed by atoms with E-state index in [-0.39, 0.29) is 13.2 Å². The Hall–Kier alpha value is -1.46. The van der Waals surface area contributed by atoms with Crippen molar-refractivity contribution in [2.75, 3.05) is 13.2 Å². The summed E-state index contributed by atoms with van der Waals surface area (Å²) < 4.78 is 5.32. The zero-order chi connectivity index (χ0) is 11.3. The predicted octanol–water partition coefficient (Wildman–Crippen LogP) is 1.09. The minimum atomic E-state index is -0.673. The summed E-state index contributed by atoms with van der Waals surface area (Å²) >= 11 is 0. The maximum Gasteiger partial charge on any atom is 0.122 e. The number of aliphatic hydroxyl groups is 1. The van der Waals surface area contributed by atoms with Gasteiger partial charge in [0.2, 0.25) is 0 Å². The molecule has 0 amide bonds. The molecular weight excluding hydrogens is 196 g/mol. The molecule has 0 aliphatic heterocycles.